The molecule has 0 bridgehead atoms. The Morgan fingerprint density at radius 3 is 2.57 bits per heavy atom. The maximum Gasteiger partial charge on any atom is 0.0815 e. The van der Waals surface area contributed by atoms with E-state index in [-0.39, 0.29) is 0 Å². The number of aromatic nitrogens is 1. The molecule has 0 saturated carbocycles. The molecule has 2 aromatic heterocycles. The van der Waals surface area contributed by atoms with E-state index in [0.717, 1.165) is 38.3 Å². The van der Waals surface area contributed by atoms with Gasteiger partial charge < -0.3 is 5.73 Å². The van der Waals surface area contributed by atoms with Gasteiger partial charge in [0, 0.05) is 21.7 Å². The largest absolute Gasteiger partial charge is 0.398 e. The number of halogens is 1. The summed E-state index contributed by atoms with van der Waals surface area (Å²) < 4.78 is 0. The van der Waals surface area contributed by atoms with E-state index in [4.69, 9.17) is 22.3 Å². The summed E-state index contributed by atoms with van der Waals surface area (Å²) in [5, 5.41) is 3.76. The summed E-state index contributed by atoms with van der Waals surface area (Å²) in [5.74, 6) is 0. The zero-order valence-electron chi connectivity index (χ0n) is 12.2. The highest BCUT2D eigenvalue weighted by molar-refractivity contribution is 7.13. The Morgan fingerprint density at radius 2 is 1.78 bits per heavy atom. The number of thiophene rings is 1. The Bertz CT molecular complexity index is 994. The molecular weight excluding hydrogens is 324 g/mol. The van der Waals surface area contributed by atoms with Crippen molar-refractivity contribution < 1.29 is 0 Å². The Balaban J connectivity index is 2.07. The average molecular weight is 337 g/mol. The topological polar surface area (TPSA) is 38.9 Å². The van der Waals surface area contributed by atoms with Gasteiger partial charge >= 0.3 is 0 Å². The number of pyridine rings is 1. The molecule has 0 aliphatic carbocycles. The zero-order valence-corrected chi connectivity index (χ0v) is 13.7. The minimum absolute atomic E-state index is 0.693. The van der Waals surface area contributed by atoms with Gasteiger partial charge in [-0.2, -0.15) is 0 Å². The summed E-state index contributed by atoms with van der Waals surface area (Å²) in [6, 6.07) is 19.9. The first-order valence-electron chi connectivity index (χ1n) is 7.21. The molecule has 112 valence electrons. The lowest BCUT2D eigenvalue weighted by atomic mass is 9.98. The summed E-state index contributed by atoms with van der Waals surface area (Å²) in [5.41, 5.74) is 10.9. The third-order valence-corrected chi connectivity index (χ3v) is 4.92. The molecule has 0 aliphatic heterocycles. The van der Waals surface area contributed by atoms with Crippen LogP contribution in [0.15, 0.2) is 66.0 Å². The van der Waals surface area contributed by atoms with Gasteiger partial charge in [-0.1, -0.05) is 35.9 Å². The number of nitrogen functional groups attached to an aromatic ring is 1. The van der Waals surface area contributed by atoms with Crippen LogP contribution in [0.25, 0.3) is 32.6 Å². The quantitative estimate of drug-likeness (QED) is 0.465. The number of hydrogen-bond acceptors (Lipinski definition) is 3. The van der Waals surface area contributed by atoms with Crippen LogP contribution in [0.4, 0.5) is 5.69 Å². The van der Waals surface area contributed by atoms with E-state index in [9.17, 15) is 0 Å². The van der Waals surface area contributed by atoms with Crippen molar-refractivity contribution >= 4 is 39.5 Å². The van der Waals surface area contributed by atoms with Crippen molar-refractivity contribution in [1.82, 2.24) is 4.98 Å². The summed E-state index contributed by atoms with van der Waals surface area (Å²) in [6.45, 7) is 0. The molecule has 2 aromatic carbocycles. The molecule has 0 saturated heterocycles. The van der Waals surface area contributed by atoms with Gasteiger partial charge in [0.25, 0.3) is 0 Å². The van der Waals surface area contributed by atoms with Gasteiger partial charge in [-0.15, -0.1) is 11.3 Å². The molecule has 2 nitrogen and oxygen atoms in total. The second-order valence-electron chi connectivity index (χ2n) is 5.28. The van der Waals surface area contributed by atoms with Crippen molar-refractivity contribution in [3.05, 3.63) is 71.1 Å². The predicted octanol–water partition coefficient (Wildman–Crippen LogP) is 5.87. The Morgan fingerprint density at radius 1 is 0.913 bits per heavy atom. The standard InChI is InChI=1S/C19H13ClN2S/c20-12-7-8-17-15(10-12)14(13-4-1-2-5-16(13)21)11-18(22-17)19-6-3-9-23-19/h1-11H,21H2. The first kappa shape index (κ1) is 14.2. The average Bonchev–Trinajstić information content (AvgIpc) is 3.09. The monoisotopic (exact) mass is 336 g/mol. The maximum absolute atomic E-state index is 6.20. The third-order valence-electron chi connectivity index (χ3n) is 3.80. The molecule has 2 heterocycles. The van der Waals surface area contributed by atoms with Crippen LogP contribution >= 0.6 is 22.9 Å². The number of hydrogen-bond donors (Lipinski definition) is 1. The molecule has 0 spiro atoms. The van der Waals surface area contributed by atoms with Crippen LogP contribution in [0.5, 0.6) is 0 Å². The highest BCUT2D eigenvalue weighted by Gasteiger charge is 2.12. The van der Waals surface area contributed by atoms with E-state index in [2.05, 4.69) is 17.5 Å². The van der Waals surface area contributed by atoms with E-state index in [1.807, 2.05) is 48.5 Å². The number of fused-ring (bicyclic) bond motifs is 1. The lowest BCUT2D eigenvalue weighted by Crippen LogP contribution is -1.93. The van der Waals surface area contributed by atoms with Gasteiger partial charge in [0.05, 0.1) is 16.1 Å². The molecule has 4 rings (SSSR count). The van der Waals surface area contributed by atoms with Crippen molar-refractivity contribution in [3.8, 4) is 21.7 Å². The summed E-state index contributed by atoms with van der Waals surface area (Å²) in [4.78, 5) is 5.92. The lowest BCUT2D eigenvalue weighted by Gasteiger charge is -2.11. The van der Waals surface area contributed by atoms with Crippen molar-refractivity contribution in [2.75, 3.05) is 5.73 Å². The maximum atomic E-state index is 6.20. The van der Waals surface area contributed by atoms with Crippen LogP contribution in [0.1, 0.15) is 0 Å². The molecule has 23 heavy (non-hydrogen) atoms. The zero-order chi connectivity index (χ0) is 15.8. The predicted molar refractivity (Wildman–Crippen MR) is 99.9 cm³/mol. The van der Waals surface area contributed by atoms with Crippen LogP contribution in [0.3, 0.4) is 0 Å². The first-order valence-corrected chi connectivity index (χ1v) is 8.47. The smallest absolute Gasteiger partial charge is 0.0815 e. The number of nitrogens with zero attached hydrogens (tertiary/aromatic N) is 1. The minimum atomic E-state index is 0.693. The molecule has 0 fully saturated rings. The SMILES string of the molecule is Nc1ccccc1-c1cc(-c2cccs2)nc2ccc(Cl)cc12. The van der Waals surface area contributed by atoms with Crippen molar-refractivity contribution in [2.24, 2.45) is 0 Å². The molecular formula is C19H13ClN2S. The summed E-state index contributed by atoms with van der Waals surface area (Å²) in [6.07, 6.45) is 0. The van der Waals surface area contributed by atoms with E-state index >= 15 is 0 Å². The second-order valence-corrected chi connectivity index (χ2v) is 6.67. The Labute approximate surface area is 143 Å². The fraction of sp³-hybridized carbons (Fsp3) is 0. The van der Waals surface area contributed by atoms with E-state index in [1.54, 1.807) is 11.3 Å². The molecule has 0 unspecified atom stereocenters. The van der Waals surface area contributed by atoms with Gasteiger partial charge in [0.1, 0.15) is 0 Å². The highest BCUT2D eigenvalue weighted by Crippen LogP contribution is 2.36. The third kappa shape index (κ3) is 2.58. The van der Waals surface area contributed by atoms with Gasteiger partial charge in [0.2, 0.25) is 0 Å². The molecule has 2 N–H and O–H groups in total. The number of anilines is 1. The van der Waals surface area contributed by atoms with Gasteiger partial charge in [-0.05, 0) is 47.3 Å². The normalized spacial score (nSPS) is 11.0. The van der Waals surface area contributed by atoms with Crippen LogP contribution in [0, 0.1) is 0 Å². The van der Waals surface area contributed by atoms with Crippen LogP contribution in [0.2, 0.25) is 5.02 Å². The molecule has 0 atom stereocenters. The van der Waals surface area contributed by atoms with Gasteiger partial charge in [0.15, 0.2) is 0 Å². The fourth-order valence-electron chi connectivity index (χ4n) is 2.71. The lowest BCUT2D eigenvalue weighted by molar-refractivity contribution is 1.42. The molecule has 4 heteroatoms. The number of para-hydroxylation sites is 1. The van der Waals surface area contributed by atoms with Crippen LogP contribution in [-0.2, 0) is 0 Å². The van der Waals surface area contributed by atoms with Crippen LogP contribution < -0.4 is 5.73 Å². The van der Waals surface area contributed by atoms with Gasteiger partial charge in [-0.3, -0.25) is 0 Å². The summed E-state index contributed by atoms with van der Waals surface area (Å²) >= 11 is 7.88. The van der Waals surface area contributed by atoms with Gasteiger partial charge in [-0.25, -0.2) is 4.98 Å². The van der Waals surface area contributed by atoms with Crippen molar-refractivity contribution in [2.45, 2.75) is 0 Å². The number of rotatable bonds is 2. The Kier molecular flexibility index (Phi) is 3.52. The Hall–Kier alpha value is -2.36. The molecule has 0 aliphatic rings. The molecule has 0 radical (unpaired) electrons. The van der Waals surface area contributed by atoms with Crippen molar-refractivity contribution in [3.63, 3.8) is 0 Å². The van der Waals surface area contributed by atoms with Crippen LogP contribution in [-0.4, -0.2) is 4.98 Å². The van der Waals surface area contributed by atoms with E-state index in [1.165, 1.54) is 0 Å². The van der Waals surface area contributed by atoms with E-state index in [0.29, 0.717) is 5.02 Å². The second kappa shape index (κ2) is 5.69. The first-order chi connectivity index (χ1) is 11.2. The molecule has 0 amide bonds. The highest BCUT2D eigenvalue weighted by atomic mass is 35.5. The summed E-state index contributed by atoms with van der Waals surface area (Å²) in [7, 11) is 0. The number of benzene rings is 2. The van der Waals surface area contributed by atoms with E-state index < -0.39 is 0 Å². The fourth-order valence-corrected chi connectivity index (χ4v) is 3.57. The minimum Gasteiger partial charge on any atom is -0.398 e. The number of nitrogens with two attached hydrogens (primary N) is 1. The molecule has 4 aromatic rings. The van der Waals surface area contributed by atoms with Crippen molar-refractivity contribution in [1.29, 1.82) is 0 Å².